The Morgan fingerprint density at radius 3 is 2.44 bits per heavy atom. The van der Waals surface area contributed by atoms with E-state index in [-0.39, 0.29) is 0 Å². The van der Waals surface area contributed by atoms with Crippen LogP contribution >= 0.6 is 0 Å². The number of halogens is 4. The van der Waals surface area contributed by atoms with E-state index in [1.54, 1.807) is 0 Å². The third-order valence-electron chi connectivity index (χ3n) is 1.87. The average Bonchev–Trinajstić information content (AvgIpc) is 2.31. The lowest BCUT2D eigenvalue weighted by atomic mass is 10.2. The van der Waals surface area contributed by atoms with Crippen LogP contribution in [-0.4, -0.2) is 24.7 Å². The van der Waals surface area contributed by atoms with Crippen LogP contribution in [0.2, 0.25) is 0 Å². The van der Waals surface area contributed by atoms with Crippen molar-refractivity contribution in [2.75, 3.05) is 7.11 Å². The molecule has 0 atom stereocenters. The molecule has 0 unspecified atom stereocenters. The van der Waals surface area contributed by atoms with Gasteiger partial charge in [-0.1, -0.05) is 0 Å². The predicted octanol–water partition coefficient (Wildman–Crippen LogP) is 1.88. The fourth-order valence-corrected chi connectivity index (χ4v) is 0.984. The average molecular weight is 269 g/mol. The van der Waals surface area contributed by atoms with Crippen LogP contribution in [0.3, 0.4) is 0 Å². The summed E-state index contributed by atoms with van der Waals surface area (Å²) in [4.78, 5) is 23.4. The smallest absolute Gasteiger partial charge is 0.437 e. The second kappa shape index (κ2) is 5.07. The zero-order chi connectivity index (χ0) is 13.9. The van der Waals surface area contributed by atoms with Gasteiger partial charge in [0.2, 0.25) is 0 Å². The topological polar surface area (TPSA) is 68.4 Å². The molecule has 0 bridgehead atoms. The van der Waals surface area contributed by atoms with E-state index in [4.69, 9.17) is 0 Å². The molecule has 0 amide bonds. The van der Waals surface area contributed by atoms with Crippen LogP contribution in [0.15, 0.2) is 16.9 Å². The molecule has 1 N–H and O–H groups in total. The minimum Gasteiger partial charge on any atom is -0.437 e. The van der Waals surface area contributed by atoms with Crippen molar-refractivity contribution in [3.05, 3.63) is 28.2 Å². The number of nitrogens with one attached hydrogen (secondary N) is 1. The lowest BCUT2D eigenvalue weighted by Gasteiger charge is -2.15. The van der Waals surface area contributed by atoms with Gasteiger partial charge in [-0.2, -0.15) is 8.78 Å². The van der Waals surface area contributed by atoms with Gasteiger partial charge in [-0.25, -0.2) is 13.6 Å². The van der Waals surface area contributed by atoms with Gasteiger partial charge in [-0.3, -0.25) is 4.79 Å². The van der Waals surface area contributed by atoms with Crippen molar-refractivity contribution < 1.29 is 31.8 Å². The molecular weight excluding hydrogens is 262 g/mol. The normalized spacial score (nSPS) is 11.4. The van der Waals surface area contributed by atoms with Crippen LogP contribution in [0, 0.1) is 0 Å². The van der Waals surface area contributed by atoms with Gasteiger partial charge in [0.05, 0.1) is 12.8 Å². The molecule has 0 aliphatic rings. The highest BCUT2D eigenvalue weighted by atomic mass is 19.3. The Hall–Kier alpha value is -2.06. The summed E-state index contributed by atoms with van der Waals surface area (Å²) in [6.45, 7) is 0. The maximum absolute atomic E-state index is 12.9. The van der Waals surface area contributed by atoms with Crippen molar-refractivity contribution in [1.82, 2.24) is 4.98 Å². The molecular formula is C9H7F4NO4. The zero-order valence-electron chi connectivity index (χ0n) is 8.88. The lowest BCUT2D eigenvalue weighted by Crippen LogP contribution is -2.28. The minimum atomic E-state index is -4.50. The quantitative estimate of drug-likeness (QED) is 0.672. The fraction of sp³-hybridized carbons (Fsp3) is 0.333. The summed E-state index contributed by atoms with van der Waals surface area (Å²) in [5, 5.41) is 0. The fourth-order valence-electron chi connectivity index (χ4n) is 0.984. The van der Waals surface area contributed by atoms with Gasteiger partial charge >= 0.3 is 18.5 Å². The Bertz CT molecular complexity index is 500. The van der Waals surface area contributed by atoms with E-state index in [0.29, 0.717) is 12.1 Å². The molecule has 5 nitrogen and oxygen atoms in total. The largest absolute Gasteiger partial charge is 0.513 e. The summed E-state index contributed by atoms with van der Waals surface area (Å²) < 4.78 is 58.1. The summed E-state index contributed by atoms with van der Waals surface area (Å²) in [5.74, 6) is -5.14. The standard InChI is InChI=1S/C9H7F4NO4/c1-17-8(16)18-4-2-3-5(14-6(4)15)9(12,13)7(10)11/h2-3,7H,1H3,(H,14,15). The first-order chi connectivity index (χ1) is 8.28. The number of carbonyl (C=O) groups excluding carboxylic acids is 1. The van der Waals surface area contributed by atoms with Gasteiger partial charge < -0.3 is 14.5 Å². The van der Waals surface area contributed by atoms with Crippen LogP contribution in [0.1, 0.15) is 5.69 Å². The number of ether oxygens (including phenoxy) is 2. The van der Waals surface area contributed by atoms with Crippen molar-refractivity contribution in [2.24, 2.45) is 0 Å². The Morgan fingerprint density at radius 2 is 2.00 bits per heavy atom. The molecule has 0 saturated carbocycles. The Balaban J connectivity index is 3.07. The number of pyridine rings is 1. The minimum absolute atomic E-state index is 0.520. The van der Waals surface area contributed by atoms with Gasteiger partial charge in [-0.15, -0.1) is 0 Å². The highest BCUT2D eigenvalue weighted by Gasteiger charge is 2.43. The number of hydrogen-bond acceptors (Lipinski definition) is 4. The van der Waals surface area contributed by atoms with Gasteiger partial charge in [0.25, 0.3) is 5.56 Å². The third-order valence-corrected chi connectivity index (χ3v) is 1.87. The summed E-state index contributed by atoms with van der Waals surface area (Å²) in [7, 11) is 0.968. The van der Waals surface area contributed by atoms with E-state index in [2.05, 4.69) is 9.47 Å². The van der Waals surface area contributed by atoms with Crippen molar-refractivity contribution in [3.8, 4) is 5.75 Å². The van der Waals surface area contributed by atoms with E-state index < -0.39 is 35.5 Å². The summed E-state index contributed by atoms with van der Waals surface area (Å²) in [5.41, 5.74) is -2.53. The Morgan fingerprint density at radius 1 is 1.39 bits per heavy atom. The van der Waals surface area contributed by atoms with Crippen LogP contribution in [0.5, 0.6) is 5.75 Å². The molecule has 1 aromatic rings. The van der Waals surface area contributed by atoms with E-state index in [0.717, 1.165) is 7.11 Å². The first kappa shape index (κ1) is 14.0. The Kier molecular flexibility index (Phi) is 3.94. The first-order valence-corrected chi connectivity index (χ1v) is 4.44. The molecule has 9 heteroatoms. The number of aromatic nitrogens is 1. The SMILES string of the molecule is COC(=O)Oc1ccc(C(F)(F)C(F)F)[nH]c1=O. The van der Waals surface area contributed by atoms with Crippen molar-refractivity contribution >= 4 is 6.16 Å². The van der Waals surface area contributed by atoms with Crippen LogP contribution < -0.4 is 10.3 Å². The molecule has 100 valence electrons. The van der Waals surface area contributed by atoms with Crippen LogP contribution in [0.25, 0.3) is 0 Å². The second-order valence-corrected chi connectivity index (χ2v) is 3.05. The second-order valence-electron chi connectivity index (χ2n) is 3.05. The Labute approximate surface area is 97.3 Å². The number of methoxy groups -OCH3 is 1. The van der Waals surface area contributed by atoms with Crippen molar-refractivity contribution in [1.29, 1.82) is 0 Å². The molecule has 1 heterocycles. The monoisotopic (exact) mass is 269 g/mol. The van der Waals surface area contributed by atoms with Crippen LogP contribution in [-0.2, 0) is 10.7 Å². The summed E-state index contributed by atoms with van der Waals surface area (Å²) in [6.07, 6.45) is -5.21. The molecule has 0 saturated heterocycles. The highest BCUT2D eigenvalue weighted by Crippen LogP contribution is 2.32. The zero-order valence-corrected chi connectivity index (χ0v) is 8.88. The molecule has 0 radical (unpaired) electrons. The number of hydrogen-bond donors (Lipinski definition) is 1. The molecule has 0 fully saturated rings. The molecule has 0 aliphatic carbocycles. The molecule has 1 rings (SSSR count). The van der Waals surface area contributed by atoms with Crippen LogP contribution in [0.4, 0.5) is 22.4 Å². The van der Waals surface area contributed by atoms with Gasteiger partial charge in [-0.05, 0) is 12.1 Å². The molecule has 18 heavy (non-hydrogen) atoms. The van der Waals surface area contributed by atoms with E-state index in [1.165, 1.54) is 4.98 Å². The van der Waals surface area contributed by atoms with E-state index >= 15 is 0 Å². The highest BCUT2D eigenvalue weighted by molar-refractivity contribution is 5.63. The maximum Gasteiger partial charge on any atom is 0.513 e. The van der Waals surface area contributed by atoms with Crippen molar-refractivity contribution in [3.63, 3.8) is 0 Å². The molecule has 1 aromatic heterocycles. The molecule has 0 aromatic carbocycles. The summed E-state index contributed by atoms with van der Waals surface area (Å²) in [6, 6.07) is 1.19. The van der Waals surface area contributed by atoms with E-state index in [1.807, 2.05) is 0 Å². The first-order valence-electron chi connectivity index (χ1n) is 4.44. The summed E-state index contributed by atoms with van der Waals surface area (Å²) >= 11 is 0. The predicted molar refractivity (Wildman–Crippen MR) is 50.0 cm³/mol. The molecule has 0 spiro atoms. The lowest BCUT2D eigenvalue weighted by molar-refractivity contribution is -0.138. The van der Waals surface area contributed by atoms with E-state index in [9.17, 15) is 27.2 Å². The third kappa shape index (κ3) is 2.79. The van der Waals surface area contributed by atoms with Gasteiger partial charge in [0.15, 0.2) is 5.75 Å². The van der Waals surface area contributed by atoms with Gasteiger partial charge in [0, 0.05) is 0 Å². The number of aromatic amines is 1. The number of alkyl halides is 4. The number of carbonyl (C=O) groups is 1. The number of H-pyrrole nitrogens is 1. The molecule has 0 aliphatic heterocycles. The maximum atomic E-state index is 12.9. The number of rotatable bonds is 3. The van der Waals surface area contributed by atoms with Gasteiger partial charge in [0.1, 0.15) is 0 Å². The van der Waals surface area contributed by atoms with Crippen molar-refractivity contribution in [2.45, 2.75) is 12.3 Å².